The average Bonchev–Trinajstić information content (AvgIpc) is 3.23. The summed E-state index contributed by atoms with van der Waals surface area (Å²) in [6, 6.07) is 13.7. The molecule has 170 valence electrons. The largest absolute Gasteiger partial charge is 0.494 e. The van der Waals surface area contributed by atoms with E-state index in [1.165, 1.54) is 25.3 Å². The summed E-state index contributed by atoms with van der Waals surface area (Å²) in [6.45, 7) is 4.36. The number of piperidine rings is 1. The number of benzene rings is 2. The zero-order valence-electron chi connectivity index (χ0n) is 18.7. The number of amides is 1. The maximum absolute atomic E-state index is 14.7. The number of carbonyl (C=O) groups excluding carboxylic acids is 1. The molecule has 3 fully saturated rings. The third kappa shape index (κ3) is 3.46. The van der Waals surface area contributed by atoms with Crippen molar-refractivity contribution in [2.75, 3.05) is 49.6 Å². The molecule has 1 N–H and O–H groups in total. The molecule has 0 bridgehead atoms. The van der Waals surface area contributed by atoms with Crippen molar-refractivity contribution in [3.8, 4) is 17.0 Å². The van der Waals surface area contributed by atoms with Crippen LogP contribution in [0.2, 0.25) is 0 Å². The van der Waals surface area contributed by atoms with Gasteiger partial charge in [-0.2, -0.15) is 0 Å². The Bertz CT molecular complexity index is 1230. The summed E-state index contributed by atoms with van der Waals surface area (Å²) in [4.78, 5) is 21.9. The number of hydrogen-bond acceptors (Lipinski definition) is 5. The van der Waals surface area contributed by atoms with Crippen molar-refractivity contribution in [3.05, 3.63) is 48.3 Å². The summed E-state index contributed by atoms with van der Waals surface area (Å²) in [5.41, 5.74) is 4.68. The number of halogens is 1. The van der Waals surface area contributed by atoms with Gasteiger partial charge in [-0.1, -0.05) is 12.1 Å². The molecule has 0 aliphatic carbocycles. The molecule has 1 amide bonds. The van der Waals surface area contributed by atoms with E-state index in [4.69, 9.17) is 9.72 Å². The first-order valence-electron chi connectivity index (χ1n) is 11.7. The predicted molar refractivity (Wildman–Crippen MR) is 127 cm³/mol. The summed E-state index contributed by atoms with van der Waals surface area (Å²) in [5.74, 6) is 0.199. The number of nitrogens with zero attached hydrogens (tertiary/aromatic N) is 3. The molecular formula is C26H27FN4O2. The molecule has 7 heteroatoms. The smallest absolute Gasteiger partial charge is 0.225 e. The SMILES string of the molecule is COc1cc2nc(-c3ccc(N4CCC4)cc3)cc(N3CC4CCNC(=O)C4C3)c2cc1F. The standard InChI is InChI=1S/C26H27FN4O2/c1-33-25-13-23-19(11-21(25)27)24(31-14-17-7-8-28-26(32)20(17)15-31)12-22(29-23)16-3-5-18(6-4-16)30-9-2-10-30/h3-6,11-13,17,20H,2,7-10,14-15H2,1H3,(H,28,32). The van der Waals surface area contributed by atoms with Crippen molar-refractivity contribution in [3.63, 3.8) is 0 Å². The van der Waals surface area contributed by atoms with Crippen LogP contribution in [-0.2, 0) is 4.79 Å². The Labute approximate surface area is 192 Å². The molecule has 4 heterocycles. The van der Waals surface area contributed by atoms with Gasteiger partial charge in [0, 0.05) is 61.1 Å². The number of aromatic nitrogens is 1. The number of anilines is 2. The quantitative estimate of drug-likeness (QED) is 0.660. The van der Waals surface area contributed by atoms with Gasteiger partial charge in [-0.3, -0.25) is 4.79 Å². The van der Waals surface area contributed by atoms with Gasteiger partial charge in [-0.25, -0.2) is 9.37 Å². The van der Waals surface area contributed by atoms with Gasteiger partial charge in [-0.15, -0.1) is 0 Å². The van der Waals surface area contributed by atoms with Crippen molar-refractivity contribution in [2.45, 2.75) is 12.8 Å². The lowest BCUT2D eigenvalue weighted by Gasteiger charge is -2.33. The number of hydrogen-bond donors (Lipinski definition) is 1. The van der Waals surface area contributed by atoms with E-state index in [-0.39, 0.29) is 17.6 Å². The van der Waals surface area contributed by atoms with Crippen molar-refractivity contribution in [1.29, 1.82) is 0 Å². The van der Waals surface area contributed by atoms with E-state index < -0.39 is 5.82 Å². The molecule has 3 saturated heterocycles. The van der Waals surface area contributed by atoms with E-state index in [2.05, 4.69) is 39.4 Å². The Kier molecular flexibility index (Phi) is 4.85. The Morgan fingerprint density at radius 2 is 1.91 bits per heavy atom. The molecule has 0 spiro atoms. The van der Waals surface area contributed by atoms with Gasteiger partial charge in [-0.05, 0) is 43.0 Å². The van der Waals surface area contributed by atoms with Crippen molar-refractivity contribution in [1.82, 2.24) is 10.3 Å². The van der Waals surface area contributed by atoms with Crippen LogP contribution in [0, 0.1) is 17.7 Å². The summed E-state index contributed by atoms with van der Waals surface area (Å²) in [7, 11) is 1.47. The molecule has 33 heavy (non-hydrogen) atoms. The predicted octanol–water partition coefficient (Wildman–Crippen LogP) is 3.83. The molecule has 6 rings (SSSR count). The van der Waals surface area contributed by atoms with E-state index in [9.17, 15) is 9.18 Å². The van der Waals surface area contributed by atoms with E-state index in [1.807, 2.05) is 6.07 Å². The lowest BCUT2D eigenvalue weighted by molar-refractivity contribution is -0.127. The van der Waals surface area contributed by atoms with Gasteiger partial charge in [0.05, 0.1) is 24.2 Å². The Balaban J connectivity index is 1.44. The van der Waals surface area contributed by atoms with Crippen molar-refractivity contribution >= 4 is 28.2 Å². The zero-order chi connectivity index (χ0) is 22.5. The minimum absolute atomic E-state index is 0.0238. The second-order valence-corrected chi connectivity index (χ2v) is 9.27. The molecule has 3 aliphatic heterocycles. The molecule has 0 radical (unpaired) electrons. The Morgan fingerprint density at radius 1 is 1.09 bits per heavy atom. The summed E-state index contributed by atoms with van der Waals surface area (Å²) >= 11 is 0. The summed E-state index contributed by atoms with van der Waals surface area (Å²) in [5, 5.41) is 3.73. The van der Waals surface area contributed by atoms with Gasteiger partial charge in [0.1, 0.15) is 0 Å². The van der Waals surface area contributed by atoms with Crippen molar-refractivity contribution in [2.24, 2.45) is 11.8 Å². The number of fused-ring (bicyclic) bond motifs is 2. The van der Waals surface area contributed by atoms with E-state index >= 15 is 0 Å². The maximum atomic E-state index is 14.7. The van der Waals surface area contributed by atoms with Crippen LogP contribution in [-0.4, -0.2) is 50.7 Å². The lowest BCUT2D eigenvalue weighted by atomic mass is 9.89. The second kappa shape index (κ2) is 7.90. The Morgan fingerprint density at radius 3 is 2.61 bits per heavy atom. The number of nitrogens with one attached hydrogen (secondary N) is 1. The lowest BCUT2D eigenvalue weighted by Crippen LogP contribution is -2.41. The van der Waals surface area contributed by atoms with Gasteiger partial charge < -0.3 is 19.9 Å². The minimum atomic E-state index is -0.408. The van der Waals surface area contributed by atoms with Crippen LogP contribution in [0.25, 0.3) is 22.2 Å². The highest BCUT2D eigenvalue weighted by atomic mass is 19.1. The molecule has 3 aromatic rings. The van der Waals surface area contributed by atoms with E-state index in [0.29, 0.717) is 18.0 Å². The fraction of sp³-hybridized carbons (Fsp3) is 0.385. The van der Waals surface area contributed by atoms with Crippen LogP contribution >= 0.6 is 0 Å². The molecule has 2 unspecified atom stereocenters. The molecule has 1 aromatic heterocycles. The number of pyridine rings is 1. The summed E-state index contributed by atoms with van der Waals surface area (Å²) < 4.78 is 19.9. The molecule has 3 aliphatic rings. The topological polar surface area (TPSA) is 57.7 Å². The monoisotopic (exact) mass is 446 g/mol. The number of ether oxygens (including phenoxy) is 1. The fourth-order valence-corrected chi connectivity index (χ4v) is 5.36. The zero-order valence-corrected chi connectivity index (χ0v) is 18.7. The highest BCUT2D eigenvalue weighted by Crippen LogP contribution is 2.39. The third-order valence-corrected chi connectivity index (χ3v) is 7.38. The second-order valence-electron chi connectivity index (χ2n) is 9.27. The van der Waals surface area contributed by atoms with Crippen LogP contribution in [0.4, 0.5) is 15.8 Å². The van der Waals surface area contributed by atoms with E-state index in [1.54, 1.807) is 6.07 Å². The van der Waals surface area contributed by atoms with Crippen LogP contribution in [0.1, 0.15) is 12.8 Å². The molecule has 6 nitrogen and oxygen atoms in total. The number of carbonyl (C=O) groups is 1. The van der Waals surface area contributed by atoms with Gasteiger partial charge in [0.25, 0.3) is 0 Å². The molecule has 0 saturated carbocycles. The van der Waals surface area contributed by atoms with Crippen LogP contribution in [0.15, 0.2) is 42.5 Å². The molecule has 2 aromatic carbocycles. The highest BCUT2D eigenvalue weighted by molar-refractivity contribution is 5.96. The van der Waals surface area contributed by atoms with Crippen LogP contribution in [0.5, 0.6) is 5.75 Å². The van der Waals surface area contributed by atoms with Gasteiger partial charge in [0.15, 0.2) is 11.6 Å². The Hall–Kier alpha value is -3.35. The molecule has 2 atom stereocenters. The minimum Gasteiger partial charge on any atom is -0.494 e. The normalized spacial score (nSPS) is 22.2. The van der Waals surface area contributed by atoms with Gasteiger partial charge >= 0.3 is 0 Å². The maximum Gasteiger partial charge on any atom is 0.225 e. The average molecular weight is 447 g/mol. The van der Waals surface area contributed by atoms with Crippen molar-refractivity contribution < 1.29 is 13.9 Å². The number of rotatable bonds is 4. The number of methoxy groups -OCH3 is 1. The van der Waals surface area contributed by atoms with Crippen LogP contribution < -0.4 is 19.9 Å². The van der Waals surface area contributed by atoms with E-state index in [0.717, 1.165) is 54.9 Å². The first-order chi connectivity index (χ1) is 16.1. The highest BCUT2D eigenvalue weighted by Gasteiger charge is 2.40. The first-order valence-corrected chi connectivity index (χ1v) is 11.7. The van der Waals surface area contributed by atoms with Gasteiger partial charge in [0.2, 0.25) is 5.91 Å². The fourth-order valence-electron chi connectivity index (χ4n) is 5.36. The van der Waals surface area contributed by atoms with Crippen LogP contribution in [0.3, 0.4) is 0 Å². The summed E-state index contributed by atoms with van der Waals surface area (Å²) in [6.07, 6.45) is 2.22. The first kappa shape index (κ1) is 20.3. The molecular weight excluding hydrogens is 419 g/mol. The third-order valence-electron chi connectivity index (χ3n) is 7.38.